The van der Waals surface area contributed by atoms with Crippen molar-refractivity contribution in [2.75, 3.05) is 20.8 Å². The Morgan fingerprint density at radius 1 is 0.553 bits per heavy atom. The quantitative estimate of drug-likeness (QED) is 0.124. The molecule has 1 aliphatic carbocycles. The fourth-order valence-corrected chi connectivity index (χ4v) is 7.42. The van der Waals surface area contributed by atoms with Gasteiger partial charge in [0, 0.05) is 20.8 Å². The van der Waals surface area contributed by atoms with Crippen LogP contribution in [-0.4, -0.2) is 40.2 Å². The molecule has 0 spiro atoms. The maximum atomic E-state index is 7.23. The first-order chi connectivity index (χ1) is 23.2. The third-order valence-corrected chi connectivity index (χ3v) is 9.86. The SMILES string of the molecule is COC(c1ccccc1)(c1ccccc1)[C@@H]1OB([C@@H]2C[C@H]2COCc2ccccc2)O[C@H]1C(OC)(c1ccccc1)c1ccccc1. The Morgan fingerprint density at radius 3 is 1.28 bits per heavy atom. The van der Waals surface area contributed by atoms with E-state index in [9.17, 15) is 0 Å². The molecule has 0 N–H and O–H groups in total. The zero-order valence-corrected chi connectivity index (χ0v) is 27.0. The molecule has 5 aromatic carbocycles. The van der Waals surface area contributed by atoms with E-state index in [0.717, 1.165) is 28.7 Å². The minimum Gasteiger partial charge on any atom is -0.402 e. The second-order valence-corrected chi connectivity index (χ2v) is 12.5. The van der Waals surface area contributed by atoms with Crippen LogP contribution in [0.15, 0.2) is 152 Å². The summed E-state index contributed by atoms with van der Waals surface area (Å²) >= 11 is 0. The van der Waals surface area contributed by atoms with E-state index in [-0.39, 0.29) is 5.82 Å². The molecule has 1 saturated carbocycles. The highest BCUT2D eigenvalue weighted by molar-refractivity contribution is 6.48. The van der Waals surface area contributed by atoms with Crippen molar-refractivity contribution in [2.45, 2.75) is 42.3 Å². The van der Waals surface area contributed by atoms with Crippen molar-refractivity contribution in [1.82, 2.24) is 0 Å². The van der Waals surface area contributed by atoms with Crippen LogP contribution in [0.5, 0.6) is 0 Å². The number of hydrogen-bond acceptors (Lipinski definition) is 5. The van der Waals surface area contributed by atoms with Gasteiger partial charge in [0.25, 0.3) is 0 Å². The molecule has 4 atom stereocenters. The predicted octanol–water partition coefficient (Wildman–Crippen LogP) is 8.05. The van der Waals surface area contributed by atoms with Crippen molar-refractivity contribution >= 4 is 7.12 Å². The van der Waals surface area contributed by atoms with Crippen LogP contribution in [-0.2, 0) is 41.3 Å². The molecule has 0 bridgehead atoms. The standard InChI is InChI=1S/C41H41BO5/c1-43-40(33-20-10-4-11-21-33,34-22-12-5-13-23-34)38-39(41(44-2,35-24-14-6-15-25-35)36-26-16-7-17-27-36)47-42(46-38)37-28-32(37)30-45-29-31-18-8-3-9-19-31/h3-27,32,37-39H,28-30H2,1-2H3/t32-,37+,38+,39+/m0/s1. The Hall–Kier alpha value is -4.04. The molecule has 1 saturated heterocycles. The van der Waals surface area contributed by atoms with Crippen LogP contribution in [0.2, 0.25) is 5.82 Å². The van der Waals surface area contributed by atoms with E-state index in [2.05, 4.69) is 60.7 Å². The van der Waals surface area contributed by atoms with E-state index in [1.165, 1.54) is 5.56 Å². The summed E-state index contributed by atoms with van der Waals surface area (Å²) in [5.41, 5.74) is 3.09. The smallest absolute Gasteiger partial charge is 0.402 e. The first-order valence-electron chi connectivity index (χ1n) is 16.5. The van der Waals surface area contributed by atoms with Crippen molar-refractivity contribution < 1.29 is 23.5 Å². The minimum absolute atomic E-state index is 0.181. The van der Waals surface area contributed by atoms with E-state index in [1.807, 2.05) is 91.0 Å². The molecule has 1 aliphatic heterocycles. The van der Waals surface area contributed by atoms with E-state index in [1.54, 1.807) is 14.2 Å². The van der Waals surface area contributed by atoms with Gasteiger partial charge in [-0.15, -0.1) is 0 Å². The molecular weight excluding hydrogens is 583 g/mol. The van der Waals surface area contributed by atoms with E-state index >= 15 is 0 Å². The van der Waals surface area contributed by atoms with Crippen molar-refractivity contribution in [3.05, 3.63) is 179 Å². The van der Waals surface area contributed by atoms with Crippen molar-refractivity contribution in [2.24, 2.45) is 5.92 Å². The van der Waals surface area contributed by atoms with Gasteiger partial charge in [-0.2, -0.15) is 0 Å². The number of benzene rings is 5. The largest absolute Gasteiger partial charge is 0.461 e. The zero-order chi connectivity index (χ0) is 32.1. The summed E-state index contributed by atoms with van der Waals surface area (Å²) in [6.07, 6.45) is -0.213. The molecule has 6 heteroatoms. The van der Waals surface area contributed by atoms with Crippen molar-refractivity contribution in [1.29, 1.82) is 0 Å². The molecular formula is C41H41BO5. The maximum Gasteiger partial charge on any atom is 0.461 e. The Labute approximate surface area is 278 Å². The van der Waals surface area contributed by atoms with Gasteiger partial charge in [0.05, 0.1) is 6.61 Å². The van der Waals surface area contributed by atoms with E-state index < -0.39 is 30.5 Å². The Balaban J connectivity index is 1.32. The predicted molar refractivity (Wildman–Crippen MR) is 185 cm³/mol. The molecule has 5 nitrogen and oxygen atoms in total. The van der Waals surface area contributed by atoms with Gasteiger partial charge in [0.1, 0.15) is 23.4 Å². The summed E-state index contributed by atoms with van der Waals surface area (Å²) < 4.78 is 34.1. The van der Waals surface area contributed by atoms with Crippen molar-refractivity contribution in [3.8, 4) is 0 Å². The van der Waals surface area contributed by atoms with Gasteiger partial charge in [-0.1, -0.05) is 152 Å². The van der Waals surface area contributed by atoms with Gasteiger partial charge in [0.2, 0.25) is 0 Å². The third-order valence-electron chi connectivity index (χ3n) is 9.86. The van der Waals surface area contributed by atoms with Crippen LogP contribution in [0.1, 0.15) is 34.2 Å². The Bertz CT molecular complexity index is 1510. The van der Waals surface area contributed by atoms with Gasteiger partial charge in [-0.3, -0.25) is 0 Å². The Morgan fingerprint density at radius 2 is 0.915 bits per heavy atom. The van der Waals surface area contributed by atoms with Crippen LogP contribution >= 0.6 is 0 Å². The maximum absolute atomic E-state index is 7.23. The lowest BCUT2D eigenvalue weighted by Crippen LogP contribution is -2.56. The molecule has 2 aliphatic rings. The van der Waals surface area contributed by atoms with E-state index in [4.69, 9.17) is 23.5 Å². The third kappa shape index (κ3) is 5.97. The van der Waals surface area contributed by atoms with Gasteiger partial charge in [0.15, 0.2) is 0 Å². The molecule has 0 aromatic heterocycles. The van der Waals surface area contributed by atoms with E-state index in [0.29, 0.717) is 19.1 Å². The molecule has 7 rings (SSSR count). The highest BCUT2D eigenvalue weighted by Gasteiger charge is 2.65. The van der Waals surface area contributed by atoms with Gasteiger partial charge < -0.3 is 23.5 Å². The summed E-state index contributed by atoms with van der Waals surface area (Å²) in [6.45, 7) is 1.24. The fourth-order valence-electron chi connectivity index (χ4n) is 7.42. The van der Waals surface area contributed by atoms with Crippen LogP contribution < -0.4 is 0 Å². The number of ether oxygens (including phenoxy) is 3. The van der Waals surface area contributed by atoms with Gasteiger partial charge in [-0.25, -0.2) is 0 Å². The molecule has 238 valence electrons. The lowest BCUT2D eigenvalue weighted by Gasteiger charge is -2.47. The summed E-state index contributed by atoms with van der Waals surface area (Å²) in [5, 5.41) is 0. The second-order valence-electron chi connectivity index (χ2n) is 12.5. The Kier molecular flexibility index (Phi) is 9.39. The van der Waals surface area contributed by atoms with Gasteiger partial charge in [-0.05, 0) is 46.0 Å². The highest BCUT2D eigenvalue weighted by Crippen LogP contribution is 2.56. The second kappa shape index (κ2) is 14.0. The molecule has 0 amide bonds. The molecule has 1 heterocycles. The first kappa shape index (κ1) is 31.6. The average Bonchev–Trinajstić information content (AvgIpc) is 3.79. The molecule has 2 fully saturated rings. The first-order valence-corrected chi connectivity index (χ1v) is 16.5. The zero-order valence-electron chi connectivity index (χ0n) is 27.0. The summed E-state index contributed by atoms with van der Waals surface area (Å²) in [6, 6.07) is 51.7. The number of methoxy groups -OCH3 is 2. The summed E-state index contributed by atoms with van der Waals surface area (Å²) in [7, 11) is 3.06. The van der Waals surface area contributed by atoms with Crippen LogP contribution in [0.25, 0.3) is 0 Å². The van der Waals surface area contributed by atoms with Crippen LogP contribution in [0, 0.1) is 5.92 Å². The minimum atomic E-state index is -1.01. The number of hydrogen-bond donors (Lipinski definition) is 0. The molecule has 0 radical (unpaired) electrons. The molecule has 0 unspecified atom stereocenters. The highest BCUT2D eigenvalue weighted by atomic mass is 16.7. The topological polar surface area (TPSA) is 46.2 Å². The monoisotopic (exact) mass is 624 g/mol. The lowest BCUT2D eigenvalue weighted by atomic mass is 9.71. The molecule has 47 heavy (non-hydrogen) atoms. The summed E-state index contributed by atoms with van der Waals surface area (Å²) in [4.78, 5) is 0. The van der Waals surface area contributed by atoms with Crippen LogP contribution in [0.4, 0.5) is 0 Å². The van der Waals surface area contributed by atoms with Gasteiger partial charge >= 0.3 is 7.12 Å². The average molecular weight is 625 g/mol. The van der Waals surface area contributed by atoms with Crippen LogP contribution in [0.3, 0.4) is 0 Å². The summed E-state index contributed by atoms with van der Waals surface area (Å²) in [5.74, 6) is 0.513. The fraction of sp³-hybridized carbons (Fsp3) is 0.268. The van der Waals surface area contributed by atoms with Crippen molar-refractivity contribution in [3.63, 3.8) is 0 Å². The normalized spacial score (nSPS) is 21.1. The molecule has 5 aromatic rings. The lowest BCUT2D eigenvalue weighted by molar-refractivity contribution is -0.136. The number of rotatable bonds is 13.